The lowest BCUT2D eigenvalue weighted by Crippen LogP contribution is -2.25. The molecule has 0 saturated heterocycles. The van der Waals surface area contributed by atoms with Gasteiger partial charge in [0.2, 0.25) is 0 Å². The molecule has 0 amide bonds. The standard InChI is InChI=1S/C8H13NOS/c1-6-4-11-5-7(6)8(2,3)10-9/h4-5H,9H2,1-3H3. The van der Waals surface area contributed by atoms with Crippen molar-refractivity contribution in [1.82, 2.24) is 0 Å². The van der Waals surface area contributed by atoms with E-state index in [9.17, 15) is 0 Å². The number of nitrogens with two attached hydrogens (primary N) is 1. The minimum absolute atomic E-state index is 0.357. The van der Waals surface area contributed by atoms with Crippen LogP contribution in [0.25, 0.3) is 0 Å². The maximum atomic E-state index is 5.17. The van der Waals surface area contributed by atoms with E-state index in [1.165, 1.54) is 11.1 Å². The Balaban J connectivity index is 3.00. The van der Waals surface area contributed by atoms with Gasteiger partial charge in [-0.1, -0.05) is 0 Å². The van der Waals surface area contributed by atoms with Gasteiger partial charge in [0.25, 0.3) is 0 Å². The van der Waals surface area contributed by atoms with Crippen LogP contribution in [0.2, 0.25) is 0 Å². The molecular formula is C8H13NOS. The van der Waals surface area contributed by atoms with Crippen LogP contribution in [-0.2, 0) is 10.4 Å². The molecule has 0 aliphatic heterocycles. The van der Waals surface area contributed by atoms with E-state index in [1.54, 1.807) is 11.3 Å². The Morgan fingerprint density at radius 1 is 1.45 bits per heavy atom. The predicted molar refractivity (Wildman–Crippen MR) is 47.4 cm³/mol. The second kappa shape index (κ2) is 2.93. The molecule has 0 atom stereocenters. The fourth-order valence-electron chi connectivity index (χ4n) is 1.04. The number of hydrogen-bond acceptors (Lipinski definition) is 3. The topological polar surface area (TPSA) is 35.2 Å². The summed E-state index contributed by atoms with van der Waals surface area (Å²) in [6.45, 7) is 5.98. The molecule has 0 radical (unpaired) electrons. The summed E-state index contributed by atoms with van der Waals surface area (Å²) in [5.74, 6) is 5.17. The van der Waals surface area contributed by atoms with E-state index in [1.807, 2.05) is 13.8 Å². The third kappa shape index (κ3) is 1.61. The average molecular weight is 171 g/mol. The Morgan fingerprint density at radius 3 is 2.45 bits per heavy atom. The minimum atomic E-state index is -0.357. The summed E-state index contributed by atoms with van der Waals surface area (Å²) in [7, 11) is 0. The van der Waals surface area contributed by atoms with Crippen molar-refractivity contribution < 1.29 is 4.84 Å². The molecule has 0 aromatic carbocycles. The first-order valence-electron chi connectivity index (χ1n) is 3.49. The molecule has 1 heterocycles. The molecule has 1 rings (SSSR count). The monoisotopic (exact) mass is 171 g/mol. The zero-order valence-corrected chi connectivity index (χ0v) is 7.87. The zero-order valence-electron chi connectivity index (χ0n) is 7.05. The summed E-state index contributed by atoms with van der Waals surface area (Å²) < 4.78 is 0. The summed E-state index contributed by atoms with van der Waals surface area (Å²) in [6, 6.07) is 0. The van der Waals surface area contributed by atoms with E-state index in [2.05, 4.69) is 17.7 Å². The lowest BCUT2D eigenvalue weighted by atomic mass is 9.98. The van der Waals surface area contributed by atoms with Crippen LogP contribution in [0.1, 0.15) is 25.0 Å². The van der Waals surface area contributed by atoms with Crippen molar-refractivity contribution in [3.63, 3.8) is 0 Å². The minimum Gasteiger partial charge on any atom is -0.294 e. The van der Waals surface area contributed by atoms with Crippen molar-refractivity contribution in [2.45, 2.75) is 26.4 Å². The first-order chi connectivity index (χ1) is 5.08. The smallest absolute Gasteiger partial charge is 0.110 e. The molecule has 0 aliphatic carbocycles. The fraction of sp³-hybridized carbons (Fsp3) is 0.500. The van der Waals surface area contributed by atoms with Crippen molar-refractivity contribution in [3.05, 3.63) is 21.9 Å². The zero-order chi connectivity index (χ0) is 8.48. The molecule has 0 aliphatic rings. The van der Waals surface area contributed by atoms with Crippen molar-refractivity contribution in [2.24, 2.45) is 5.90 Å². The van der Waals surface area contributed by atoms with Gasteiger partial charge in [0.05, 0.1) is 0 Å². The van der Waals surface area contributed by atoms with Crippen molar-refractivity contribution in [3.8, 4) is 0 Å². The van der Waals surface area contributed by atoms with Gasteiger partial charge in [-0.2, -0.15) is 11.3 Å². The summed E-state index contributed by atoms with van der Waals surface area (Å²) in [5, 5.41) is 4.16. The molecule has 0 fully saturated rings. The highest BCUT2D eigenvalue weighted by atomic mass is 32.1. The van der Waals surface area contributed by atoms with Gasteiger partial charge >= 0.3 is 0 Å². The largest absolute Gasteiger partial charge is 0.294 e. The van der Waals surface area contributed by atoms with Crippen LogP contribution in [0.4, 0.5) is 0 Å². The van der Waals surface area contributed by atoms with Crippen LogP contribution >= 0.6 is 11.3 Å². The number of rotatable bonds is 2. The molecule has 0 bridgehead atoms. The summed E-state index contributed by atoms with van der Waals surface area (Å²) >= 11 is 1.67. The molecule has 0 saturated carbocycles. The van der Waals surface area contributed by atoms with Gasteiger partial charge in [-0.25, -0.2) is 5.90 Å². The summed E-state index contributed by atoms with van der Waals surface area (Å²) in [5.41, 5.74) is 2.06. The Bertz CT molecular complexity index is 242. The lowest BCUT2D eigenvalue weighted by molar-refractivity contribution is -0.0237. The first-order valence-corrected chi connectivity index (χ1v) is 4.43. The van der Waals surface area contributed by atoms with Gasteiger partial charge in [0.1, 0.15) is 5.60 Å². The lowest BCUT2D eigenvalue weighted by Gasteiger charge is -2.21. The Hall–Kier alpha value is -0.380. The highest BCUT2D eigenvalue weighted by Gasteiger charge is 2.22. The van der Waals surface area contributed by atoms with Crippen LogP contribution < -0.4 is 5.90 Å². The molecule has 11 heavy (non-hydrogen) atoms. The number of thiophene rings is 1. The second-order valence-electron chi connectivity index (χ2n) is 3.10. The number of aryl methyl sites for hydroxylation is 1. The van der Waals surface area contributed by atoms with Gasteiger partial charge in [0, 0.05) is 0 Å². The van der Waals surface area contributed by atoms with Crippen molar-refractivity contribution in [1.29, 1.82) is 0 Å². The van der Waals surface area contributed by atoms with Crippen LogP contribution in [0.5, 0.6) is 0 Å². The number of hydrogen-bond donors (Lipinski definition) is 1. The van der Waals surface area contributed by atoms with Crippen LogP contribution in [-0.4, -0.2) is 0 Å². The quantitative estimate of drug-likeness (QED) is 0.692. The molecule has 3 heteroatoms. The first kappa shape index (κ1) is 8.71. The van der Waals surface area contributed by atoms with Gasteiger partial charge in [0.15, 0.2) is 0 Å². The highest BCUT2D eigenvalue weighted by Crippen LogP contribution is 2.28. The molecular weight excluding hydrogens is 158 g/mol. The van der Waals surface area contributed by atoms with Gasteiger partial charge in [-0.15, -0.1) is 0 Å². The van der Waals surface area contributed by atoms with E-state index in [0.717, 1.165) is 0 Å². The van der Waals surface area contributed by atoms with E-state index in [0.29, 0.717) is 0 Å². The third-order valence-corrected chi connectivity index (χ3v) is 2.66. The van der Waals surface area contributed by atoms with E-state index in [4.69, 9.17) is 10.7 Å². The van der Waals surface area contributed by atoms with E-state index >= 15 is 0 Å². The Labute approximate surface area is 70.9 Å². The molecule has 0 spiro atoms. The normalized spacial score (nSPS) is 12.0. The van der Waals surface area contributed by atoms with Gasteiger partial charge in [-0.05, 0) is 42.7 Å². The summed E-state index contributed by atoms with van der Waals surface area (Å²) in [6.07, 6.45) is 0. The molecule has 1 aromatic rings. The van der Waals surface area contributed by atoms with Crippen LogP contribution in [0.15, 0.2) is 10.8 Å². The second-order valence-corrected chi connectivity index (χ2v) is 3.84. The molecule has 1 aromatic heterocycles. The summed E-state index contributed by atoms with van der Waals surface area (Å²) in [4.78, 5) is 4.87. The Morgan fingerprint density at radius 2 is 2.09 bits per heavy atom. The van der Waals surface area contributed by atoms with Crippen molar-refractivity contribution in [2.75, 3.05) is 0 Å². The predicted octanol–water partition coefficient (Wildman–Crippen LogP) is 2.18. The molecule has 0 unspecified atom stereocenters. The average Bonchev–Trinajstić information content (AvgIpc) is 2.36. The molecule has 62 valence electrons. The van der Waals surface area contributed by atoms with Crippen LogP contribution in [0, 0.1) is 6.92 Å². The van der Waals surface area contributed by atoms with Crippen molar-refractivity contribution >= 4 is 11.3 Å². The highest BCUT2D eigenvalue weighted by molar-refractivity contribution is 7.08. The van der Waals surface area contributed by atoms with Crippen LogP contribution in [0.3, 0.4) is 0 Å². The van der Waals surface area contributed by atoms with Gasteiger partial charge < -0.3 is 0 Å². The SMILES string of the molecule is Cc1cscc1C(C)(C)ON. The maximum Gasteiger partial charge on any atom is 0.110 e. The van der Waals surface area contributed by atoms with Gasteiger partial charge in [-0.3, -0.25) is 4.84 Å². The Kier molecular flexibility index (Phi) is 2.32. The fourth-order valence-corrected chi connectivity index (χ4v) is 2.05. The maximum absolute atomic E-state index is 5.17. The molecule has 2 nitrogen and oxygen atoms in total. The van der Waals surface area contributed by atoms with E-state index in [-0.39, 0.29) is 5.60 Å². The van der Waals surface area contributed by atoms with E-state index < -0.39 is 0 Å². The third-order valence-electron chi connectivity index (χ3n) is 1.80. The molecule has 2 N–H and O–H groups in total.